The Morgan fingerprint density at radius 1 is 1.50 bits per heavy atom. The molecule has 100 valence electrons. The molecule has 4 heteroatoms. The Morgan fingerprint density at radius 3 is 2.67 bits per heavy atom. The van der Waals surface area contributed by atoms with E-state index >= 15 is 0 Å². The van der Waals surface area contributed by atoms with Crippen LogP contribution >= 0.6 is 0 Å². The van der Waals surface area contributed by atoms with Crippen LogP contribution in [-0.4, -0.2) is 31.1 Å². The highest BCUT2D eigenvalue weighted by Crippen LogP contribution is 2.34. The second kappa shape index (κ2) is 5.67. The van der Waals surface area contributed by atoms with Gasteiger partial charge in [-0.3, -0.25) is 4.90 Å². The van der Waals surface area contributed by atoms with Gasteiger partial charge in [0.05, 0.1) is 7.11 Å². The van der Waals surface area contributed by atoms with E-state index in [4.69, 9.17) is 10.5 Å². The number of benzene rings is 1. The average molecular weight is 252 g/mol. The van der Waals surface area contributed by atoms with Gasteiger partial charge in [0.1, 0.15) is 0 Å². The van der Waals surface area contributed by atoms with E-state index in [0.717, 1.165) is 12.1 Å². The quantitative estimate of drug-likeness (QED) is 0.844. The van der Waals surface area contributed by atoms with Crippen molar-refractivity contribution < 1.29 is 9.13 Å². The van der Waals surface area contributed by atoms with Gasteiger partial charge in [-0.2, -0.15) is 0 Å². The van der Waals surface area contributed by atoms with Crippen molar-refractivity contribution in [2.45, 2.75) is 31.8 Å². The first kappa shape index (κ1) is 13.3. The van der Waals surface area contributed by atoms with Crippen molar-refractivity contribution in [2.24, 2.45) is 5.73 Å². The molecule has 1 aromatic rings. The van der Waals surface area contributed by atoms with Crippen LogP contribution in [0.3, 0.4) is 0 Å². The van der Waals surface area contributed by atoms with Gasteiger partial charge >= 0.3 is 0 Å². The number of halogens is 1. The maximum Gasteiger partial charge on any atom is 0.165 e. The summed E-state index contributed by atoms with van der Waals surface area (Å²) in [4.78, 5) is 2.36. The second-order valence-electron chi connectivity index (χ2n) is 4.71. The Hall–Kier alpha value is -1.13. The SMILES string of the molecule is CCN(C1CC1)C(CN)c1ccc(OC)c(F)c1. The first-order valence-corrected chi connectivity index (χ1v) is 6.50. The molecule has 0 radical (unpaired) electrons. The molecule has 2 N–H and O–H groups in total. The van der Waals surface area contributed by atoms with Crippen LogP contribution in [0.15, 0.2) is 18.2 Å². The Kier molecular flexibility index (Phi) is 4.19. The Bertz CT molecular complexity index is 407. The third kappa shape index (κ3) is 2.65. The first-order chi connectivity index (χ1) is 8.71. The minimum Gasteiger partial charge on any atom is -0.494 e. The van der Waals surface area contributed by atoms with Gasteiger partial charge in [0.15, 0.2) is 11.6 Å². The van der Waals surface area contributed by atoms with Crippen molar-refractivity contribution in [3.63, 3.8) is 0 Å². The molecule has 18 heavy (non-hydrogen) atoms. The zero-order valence-corrected chi connectivity index (χ0v) is 11.0. The summed E-state index contributed by atoms with van der Waals surface area (Å²) >= 11 is 0. The Balaban J connectivity index is 2.23. The third-order valence-electron chi connectivity index (χ3n) is 3.57. The summed E-state index contributed by atoms with van der Waals surface area (Å²) < 4.78 is 18.7. The average Bonchev–Trinajstić information content (AvgIpc) is 3.20. The molecule has 1 aromatic carbocycles. The summed E-state index contributed by atoms with van der Waals surface area (Å²) in [6.07, 6.45) is 2.45. The van der Waals surface area contributed by atoms with Gasteiger partial charge < -0.3 is 10.5 Å². The predicted octanol–water partition coefficient (Wildman–Crippen LogP) is 2.32. The van der Waals surface area contributed by atoms with E-state index in [9.17, 15) is 4.39 Å². The number of rotatable bonds is 6. The molecule has 1 aliphatic rings. The van der Waals surface area contributed by atoms with E-state index in [1.54, 1.807) is 12.1 Å². The molecule has 0 heterocycles. The van der Waals surface area contributed by atoms with E-state index in [1.807, 2.05) is 6.07 Å². The van der Waals surface area contributed by atoms with Crippen LogP contribution in [0.1, 0.15) is 31.4 Å². The van der Waals surface area contributed by atoms with Crippen LogP contribution in [0.4, 0.5) is 4.39 Å². The van der Waals surface area contributed by atoms with Gasteiger partial charge in [0.25, 0.3) is 0 Å². The van der Waals surface area contributed by atoms with Crippen molar-refractivity contribution in [3.05, 3.63) is 29.6 Å². The molecule has 0 spiro atoms. The molecule has 1 aliphatic carbocycles. The van der Waals surface area contributed by atoms with Crippen molar-refractivity contribution in [3.8, 4) is 5.75 Å². The number of hydrogen-bond acceptors (Lipinski definition) is 3. The molecule has 1 unspecified atom stereocenters. The number of nitrogens with zero attached hydrogens (tertiary/aromatic N) is 1. The van der Waals surface area contributed by atoms with E-state index in [-0.39, 0.29) is 17.6 Å². The lowest BCUT2D eigenvalue weighted by Crippen LogP contribution is -2.35. The second-order valence-corrected chi connectivity index (χ2v) is 4.71. The number of likely N-dealkylation sites (N-methyl/N-ethyl adjacent to an activating group) is 1. The van der Waals surface area contributed by atoms with Gasteiger partial charge in [-0.05, 0) is 37.1 Å². The summed E-state index contributed by atoms with van der Waals surface area (Å²) in [5.41, 5.74) is 6.81. The molecular formula is C14H21FN2O. The zero-order chi connectivity index (χ0) is 13.1. The van der Waals surface area contributed by atoms with Crippen molar-refractivity contribution in [1.82, 2.24) is 4.90 Å². The topological polar surface area (TPSA) is 38.5 Å². The molecule has 1 saturated carbocycles. The highest BCUT2D eigenvalue weighted by atomic mass is 19.1. The smallest absolute Gasteiger partial charge is 0.165 e. The minimum atomic E-state index is -0.319. The maximum absolute atomic E-state index is 13.7. The van der Waals surface area contributed by atoms with E-state index < -0.39 is 0 Å². The fourth-order valence-electron chi connectivity index (χ4n) is 2.49. The largest absolute Gasteiger partial charge is 0.494 e. The molecule has 0 aromatic heterocycles. The van der Waals surface area contributed by atoms with E-state index in [1.165, 1.54) is 20.0 Å². The molecule has 0 bridgehead atoms. The zero-order valence-electron chi connectivity index (χ0n) is 11.0. The number of ether oxygens (including phenoxy) is 1. The van der Waals surface area contributed by atoms with Crippen LogP contribution in [0, 0.1) is 5.82 Å². The lowest BCUT2D eigenvalue weighted by molar-refractivity contribution is 0.201. The summed E-state index contributed by atoms with van der Waals surface area (Å²) in [7, 11) is 1.47. The molecule has 1 atom stereocenters. The number of nitrogens with two attached hydrogens (primary N) is 1. The summed E-state index contributed by atoms with van der Waals surface area (Å²) in [5, 5.41) is 0. The minimum absolute atomic E-state index is 0.0999. The van der Waals surface area contributed by atoms with Crippen molar-refractivity contribution >= 4 is 0 Å². The van der Waals surface area contributed by atoms with Crippen molar-refractivity contribution in [2.75, 3.05) is 20.2 Å². The lowest BCUT2D eigenvalue weighted by atomic mass is 10.0. The van der Waals surface area contributed by atoms with Crippen LogP contribution in [-0.2, 0) is 0 Å². The molecule has 0 saturated heterocycles. The van der Waals surface area contributed by atoms with Crippen LogP contribution < -0.4 is 10.5 Å². The fraction of sp³-hybridized carbons (Fsp3) is 0.571. The molecule has 0 aliphatic heterocycles. The first-order valence-electron chi connectivity index (χ1n) is 6.50. The van der Waals surface area contributed by atoms with Gasteiger partial charge in [0, 0.05) is 18.6 Å². The Morgan fingerprint density at radius 2 is 2.22 bits per heavy atom. The van der Waals surface area contributed by atoms with Crippen LogP contribution in [0.5, 0.6) is 5.75 Å². The third-order valence-corrected chi connectivity index (χ3v) is 3.57. The monoisotopic (exact) mass is 252 g/mol. The molecular weight excluding hydrogens is 231 g/mol. The van der Waals surface area contributed by atoms with Gasteiger partial charge in [0.2, 0.25) is 0 Å². The van der Waals surface area contributed by atoms with Crippen molar-refractivity contribution in [1.29, 1.82) is 0 Å². The maximum atomic E-state index is 13.7. The van der Waals surface area contributed by atoms with Gasteiger partial charge in [-0.15, -0.1) is 0 Å². The highest BCUT2D eigenvalue weighted by Gasteiger charge is 2.33. The standard InChI is InChI=1S/C14H21FN2O/c1-3-17(11-5-6-11)13(9-16)10-4-7-14(18-2)12(15)8-10/h4,7-8,11,13H,3,5-6,9,16H2,1-2H3. The van der Waals surface area contributed by atoms with Gasteiger partial charge in [-0.1, -0.05) is 13.0 Å². The van der Waals surface area contributed by atoms with Crippen LogP contribution in [0.25, 0.3) is 0 Å². The lowest BCUT2D eigenvalue weighted by Gasteiger charge is -2.30. The number of hydrogen-bond donors (Lipinski definition) is 1. The molecule has 1 fully saturated rings. The number of methoxy groups -OCH3 is 1. The van der Waals surface area contributed by atoms with Gasteiger partial charge in [-0.25, -0.2) is 4.39 Å². The molecule has 3 nitrogen and oxygen atoms in total. The van der Waals surface area contributed by atoms with E-state index in [0.29, 0.717) is 12.6 Å². The Labute approximate surface area is 108 Å². The molecule has 0 amide bonds. The molecule has 2 rings (SSSR count). The normalized spacial score (nSPS) is 16.9. The van der Waals surface area contributed by atoms with Crippen LogP contribution in [0.2, 0.25) is 0 Å². The highest BCUT2D eigenvalue weighted by molar-refractivity contribution is 5.31. The summed E-state index contributed by atoms with van der Waals surface area (Å²) in [5.74, 6) is -0.0377. The summed E-state index contributed by atoms with van der Waals surface area (Å²) in [6.45, 7) is 3.58. The van der Waals surface area contributed by atoms with E-state index in [2.05, 4.69) is 11.8 Å². The summed E-state index contributed by atoms with van der Waals surface area (Å²) in [6, 6.07) is 5.84. The predicted molar refractivity (Wildman–Crippen MR) is 70.1 cm³/mol. The fourth-order valence-corrected chi connectivity index (χ4v) is 2.49.